The third kappa shape index (κ3) is 5.11. The van der Waals surface area contributed by atoms with Gasteiger partial charge in [0.1, 0.15) is 6.54 Å². The Morgan fingerprint density at radius 1 is 1.17 bits per heavy atom. The van der Waals surface area contributed by atoms with Gasteiger partial charge in [0.2, 0.25) is 0 Å². The molecule has 0 saturated heterocycles. The summed E-state index contributed by atoms with van der Waals surface area (Å²) in [6, 6.07) is 14.7. The molecule has 1 unspecified atom stereocenters. The number of amides is 1. The van der Waals surface area contributed by atoms with Gasteiger partial charge in [-0.2, -0.15) is 0 Å². The average molecular weight is 344 g/mol. The van der Waals surface area contributed by atoms with Gasteiger partial charge in [0, 0.05) is 16.1 Å². The molecule has 4 heteroatoms. The van der Waals surface area contributed by atoms with Gasteiger partial charge in [-0.15, -0.1) is 11.8 Å². The van der Waals surface area contributed by atoms with E-state index in [0.29, 0.717) is 6.54 Å². The lowest BCUT2D eigenvalue weighted by molar-refractivity contribution is -0.885. The summed E-state index contributed by atoms with van der Waals surface area (Å²) in [5.74, 6) is 0.0669. The highest BCUT2D eigenvalue weighted by Gasteiger charge is 2.13. The van der Waals surface area contributed by atoms with Gasteiger partial charge >= 0.3 is 0 Å². The highest BCUT2D eigenvalue weighted by atomic mass is 32.2. The zero-order valence-electron chi connectivity index (χ0n) is 15.0. The molecule has 24 heavy (non-hydrogen) atoms. The quantitative estimate of drug-likeness (QED) is 0.758. The molecule has 0 fully saturated rings. The van der Waals surface area contributed by atoms with E-state index in [0.717, 1.165) is 24.2 Å². The van der Waals surface area contributed by atoms with Crippen molar-refractivity contribution < 1.29 is 9.69 Å². The van der Waals surface area contributed by atoms with E-state index >= 15 is 0 Å². The van der Waals surface area contributed by atoms with Crippen LogP contribution in [0.2, 0.25) is 0 Å². The Kier molecular flexibility index (Phi) is 6.88. The van der Waals surface area contributed by atoms with Crippen LogP contribution in [0.25, 0.3) is 0 Å². The van der Waals surface area contributed by atoms with Crippen molar-refractivity contribution in [3.05, 3.63) is 59.2 Å². The largest absolute Gasteiger partial charge is 0.326 e. The fraction of sp³-hybridized carbons (Fsp3) is 0.350. The lowest BCUT2D eigenvalue weighted by Crippen LogP contribution is -3.08. The van der Waals surface area contributed by atoms with Crippen molar-refractivity contribution in [3.8, 4) is 0 Å². The first-order valence-corrected chi connectivity index (χ1v) is 9.58. The van der Waals surface area contributed by atoms with E-state index < -0.39 is 0 Å². The highest BCUT2D eigenvalue weighted by molar-refractivity contribution is 7.98. The zero-order chi connectivity index (χ0) is 17.5. The molecule has 0 radical (unpaired) electrons. The van der Waals surface area contributed by atoms with E-state index in [1.807, 2.05) is 19.1 Å². The lowest BCUT2D eigenvalue weighted by Gasteiger charge is -2.16. The van der Waals surface area contributed by atoms with Crippen molar-refractivity contribution in [1.29, 1.82) is 0 Å². The van der Waals surface area contributed by atoms with Gasteiger partial charge in [0.05, 0.1) is 7.05 Å². The summed E-state index contributed by atoms with van der Waals surface area (Å²) in [6.45, 7) is 5.46. The predicted octanol–water partition coefficient (Wildman–Crippen LogP) is 2.93. The molecule has 0 saturated carbocycles. The van der Waals surface area contributed by atoms with Crippen molar-refractivity contribution in [1.82, 2.24) is 0 Å². The highest BCUT2D eigenvalue weighted by Crippen LogP contribution is 2.20. The number of aryl methyl sites for hydroxylation is 2. The van der Waals surface area contributed by atoms with E-state index in [4.69, 9.17) is 0 Å². The van der Waals surface area contributed by atoms with E-state index in [1.165, 1.54) is 20.9 Å². The van der Waals surface area contributed by atoms with Crippen LogP contribution in [0.4, 0.5) is 5.69 Å². The lowest BCUT2D eigenvalue weighted by atomic mass is 10.1. The molecular weight excluding hydrogens is 316 g/mol. The molecule has 0 aliphatic heterocycles. The molecule has 0 aromatic heterocycles. The first-order valence-electron chi connectivity index (χ1n) is 8.36. The molecule has 3 nitrogen and oxygen atoms in total. The molecule has 0 aliphatic rings. The van der Waals surface area contributed by atoms with E-state index in [1.54, 1.807) is 11.8 Å². The summed E-state index contributed by atoms with van der Waals surface area (Å²) in [5, 5.41) is 3.10. The van der Waals surface area contributed by atoms with Crippen LogP contribution in [0.5, 0.6) is 0 Å². The number of thioether (sulfide) groups is 1. The Morgan fingerprint density at radius 3 is 2.50 bits per heavy atom. The zero-order valence-corrected chi connectivity index (χ0v) is 15.8. The second-order valence-corrected chi connectivity index (χ2v) is 7.05. The second kappa shape index (κ2) is 8.90. The van der Waals surface area contributed by atoms with Crippen LogP contribution < -0.4 is 10.2 Å². The Balaban J connectivity index is 1.94. The minimum Gasteiger partial charge on any atom is -0.326 e. The fourth-order valence-electron chi connectivity index (χ4n) is 2.81. The van der Waals surface area contributed by atoms with Crippen molar-refractivity contribution in [3.63, 3.8) is 0 Å². The van der Waals surface area contributed by atoms with Gasteiger partial charge in [-0.3, -0.25) is 4.79 Å². The van der Waals surface area contributed by atoms with Crippen LogP contribution in [0.3, 0.4) is 0 Å². The molecule has 0 spiro atoms. The van der Waals surface area contributed by atoms with E-state index in [9.17, 15) is 4.79 Å². The third-order valence-electron chi connectivity index (χ3n) is 4.13. The molecule has 2 aromatic carbocycles. The molecule has 1 atom stereocenters. The van der Waals surface area contributed by atoms with Gasteiger partial charge in [-0.1, -0.05) is 37.3 Å². The number of para-hydroxylation sites is 1. The number of carbonyl (C=O) groups is 1. The summed E-state index contributed by atoms with van der Waals surface area (Å²) < 4.78 is 0. The second-order valence-electron chi connectivity index (χ2n) is 6.17. The van der Waals surface area contributed by atoms with Gasteiger partial charge in [-0.25, -0.2) is 0 Å². The first-order chi connectivity index (χ1) is 11.5. The summed E-state index contributed by atoms with van der Waals surface area (Å²) in [6.07, 6.45) is 2.99. The van der Waals surface area contributed by atoms with E-state index in [2.05, 4.69) is 55.9 Å². The molecule has 0 bridgehead atoms. The Bertz CT molecular complexity index is 683. The standard InChI is InChI=1S/C20H26N2OS/c1-5-17-8-6-7-15(2)20(17)21-19(23)14-22(3)13-16-9-11-18(24-4)12-10-16/h6-12H,5,13-14H2,1-4H3,(H,21,23)/p+1. The number of hydrogen-bond acceptors (Lipinski definition) is 2. The van der Waals surface area contributed by atoms with Gasteiger partial charge in [0.15, 0.2) is 6.54 Å². The molecule has 2 N–H and O–H groups in total. The number of nitrogens with one attached hydrogen (secondary N) is 2. The monoisotopic (exact) mass is 343 g/mol. The van der Waals surface area contributed by atoms with Crippen LogP contribution >= 0.6 is 11.8 Å². The summed E-state index contributed by atoms with van der Waals surface area (Å²) in [5.41, 5.74) is 4.53. The summed E-state index contributed by atoms with van der Waals surface area (Å²) in [7, 11) is 2.06. The number of hydrogen-bond donors (Lipinski definition) is 2. The van der Waals surface area contributed by atoms with Crippen molar-refractivity contribution >= 4 is 23.4 Å². The minimum absolute atomic E-state index is 0.0669. The summed E-state index contributed by atoms with van der Waals surface area (Å²) >= 11 is 1.74. The first kappa shape index (κ1) is 18.6. The average Bonchev–Trinajstić information content (AvgIpc) is 2.57. The summed E-state index contributed by atoms with van der Waals surface area (Å²) in [4.78, 5) is 14.8. The normalized spacial score (nSPS) is 12.0. The van der Waals surface area contributed by atoms with Gasteiger partial charge < -0.3 is 10.2 Å². The Hall–Kier alpha value is -1.78. The van der Waals surface area contributed by atoms with Crippen molar-refractivity contribution in [2.45, 2.75) is 31.7 Å². The van der Waals surface area contributed by atoms with Crippen LogP contribution in [-0.4, -0.2) is 25.8 Å². The number of likely N-dealkylation sites (N-methyl/N-ethyl adjacent to an activating group) is 1. The molecule has 2 rings (SSSR count). The smallest absolute Gasteiger partial charge is 0.279 e. The molecule has 0 heterocycles. The van der Waals surface area contributed by atoms with Crippen LogP contribution in [0.1, 0.15) is 23.6 Å². The topological polar surface area (TPSA) is 33.5 Å². The number of quaternary nitrogens is 1. The van der Waals surface area contributed by atoms with Crippen LogP contribution in [-0.2, 0) is 17.8 Å². The number of rotatable bonds is 7. The fourth-order valence-corrected chi connectivity index (χ4v) is 3.22. The third-order valence-corrected chi connectivity index (χ3v) is 4.88. The van der Waals surface area contributed by atoms with Crippen molar-refractivity contribution in [2.24, 2.45) is 0 Å². The molecule has 2 aromatic rings. The Labute approximate surface area is 149 Å². The molecule has 128 valence electrons. The van der Waals surface area contributed by atoms with Crippen molar-refractivity contribution in [2.75, 3.05) is 25.2 Å². The SMILES string of the molecule is CCc1cccc(C)c1NC(=O)C[NH+](C)Cc1ccc(SC)cc1. The molecular formula is C20H27N2OS+. The van der Waals surface area contributed by atoms with Crippen LogP contribution in [0.15, 0.2) is 47.4 Å². The predicted molar refractivity (Wildman–Crippen MR) is 103 cm³/mol. The Morgan fingerprint density at radius 2 is 1.88 bits per heavy atom. The molecule has 0 aliphatic carbocycles. The number of anilines is 1. The maximum Gasteiger partial charge on any atom is 0.279 e. The minimum atomic E-state index is 0.0669. The van der Waals surface area contributed by atoms with Gasteiger partial charge in [-0.05, 0) is 42.9 Å². The maximum absolute atomic E-state index is 12.4. The number of carbonyl (C=O) groups excluding carboxylic acids is 1. The van der Waals surface area contributed by atoms with Gasteiger partial charge in [0.25, 0.3) is 5.91 Å². The van der Waals surface area contributed by atoms with Crippen LogP contribution in [0, 0.1) is 6.92 Å². The molecule has 1 amide bonds. The number of benzene rings is 2. The maximum atomic E-state index is 12.4. The van der Waals surface area contributed by atoms with E-state index in [-0.39, 0.29) is 5.91 Å².